The Morgan fingerprint density at radius 3 is 2.55 bits per heavy atom. The number of nitrogens with zero attached hydrogens (tertiary/aromatic N) is 1. The molecule has 2 saturated carbocycles. The molecule has 1 amide bonds. The number of primary amides is 1. The normalized spacial score (nSPS) is 58.5. The molecule has 0 aromatic rings. The minimum Gasteiger partial charge on any atom is -0.368 e. The lowest BCUT2D eigenvalue weighted by molar-refractivity contribution is -0.123. The highest BCUT2D eigenvalue weighted by molar-refractivity contribution is 5.82. The lowest BCUT2D eigenvalue weighted by Crippen LogP contribution is -2.44. The van der Waals surface area contributed by atoms with Crippen molar-refractivity contribution in [2.75, 3.05) is 7.05 Å². The van der Waals surface area contributed by atoms with E-state index in [1.54, 1.807) is 0 Å². The summed E-state index contributed by atoms with van der Waals surface area (Å²) in [6.07, 6.45) is 3.67. The Morgan fingerprint density at radius 2 is 2.27 bits per heavy atom. The number of amides is 1. The Labute approximate surface area is 65.5 Å². The van der Waals surface area contributed by atoms with E-state index in [-0.39, 0.29) is 11.9 Å². The SMILES string of the molecule is CN1[C@H](C(N)=O)CC23CC12C3. The molecule has 3 rings (SSSR count). The predicted octanol–water partition coefficient (Wildman–Crippen LogP) is -0.292. The van der Waals surface area contributed by atoms with E-state index in [1.165, 1.54) is 12.8 Å². The van der Waals surface area contributed by atoms with Gasteiger partial charge in [-0.05, 0) is 31.7 Å². The lowest BCUT2D eigenvalue weighted by atomic mass is 10.0. The Hall–Kier alpha value is -0.570. The van der Waals surface area contributed by atoms with E-state index in [4.69, 9.17) is 5.73 Å². The van der Waals surface area contributed by atoms with Crippen molar-refractivity contribution >= 4 is 5.91 Å². The van der Waals surface area contributed by atoms with Crippen LogP contribution in [0.15, 0.2) is 0 Å². The van der Waals surface area contributed by atoms with Gasteiger partial charge in [0.25, 0.3) is 0 Å². The number of carbonyl (C=O) groups is 1. The third-order valence-electron chi connectivity index (χ3n) is 4.05. The molecule has 2 aliphatic carbocycles. The standard InChI is InChI=1S/C8H12N2O/c1-10-5(6(9)11)2-7-3-8(7,10)4-7/h5H,2-4H2,1H3,(H2,9,11)/t5-,7?,8?/m0/s1. The summed E-state index contributed by atoms with van der Waals surface area (Å²) < 4.78 is 0. The second-order valence-electron chi connectivity index (χ2n) is 4.40. The topological polar surface area (TPSA) is 46.3 Å². The van der Waals surface area contributed by atoms with Gasteiger partial charge in [-0.2, -0.15) is 0 Å². The van der Waals surface area contributed by atoms with Crippen molar-refractivity contribution in [3.8, 4) is 0 Å². The molecule has 3 aliphatic rings. The number of piperidine rings is 2. The molecule has 60 valence electrons. The highest BCUT2D eigenvalue weighted by Gasteiger charge is 2.89. The van der Waals surface area contributed by atoms with Crippen molar-refractivity contribution < 1.29 is 4.79 Å². The molecule has 3 fully saturated rings. The fraction of sp³-hybridized carbons (Fsp3) is 0.875. The van der Waals surface area contributed by atoms with Crippen LogP contribution in [0, 0.1) is 5.41 Å². The third kappa shape index (κ3) is 0.415. The quantitative estimate of drug-likeness (QED) is 0.561. The van der Waals surface area contributed by atoms with Crippen LogP contribution in [0.3, 0.4) is 0 Å². The maximum Gasteiger partial charge on any atom is 0.234 e. The number of likely N-dealkylation sites (N-methyl/N-ethyl adjacent to an activating group) is 1. The van der Waals surface area contributed by atoms with Crippen LogP contribution in [0.4, 0.5) is 0 Å². The molecular weight excluding hydrogens is 140 g/mol. The minimum atomic E-state index is -0.141. The van der Waals surface area contributed by atoms with Gasteiger partial charge in [-0.15, -0.1) is 0 Å². The first-order valence-electron chi connectivity index (χ1n) is 4.14. The molecule has 0 aromatic carbocycles. The highest BCUT2D eigenvalue weighted by atomic mass is 16.1. The van der Waals surface area contributed by atoms with Crippen LogP contribution in [0.1, 0.15) is 19.3 Å². The number of hydrogen-bond acceptors (Lipinski definition) is 2. The van der Waals surface area contributed by atoms with Gasteiger partial charge in [-0.25, -0.2) is 0 Å². The zero-order valence-corrected chi connectivity index (χ0v) is 6.63. The van der Waals surface area contributed by atoms with Crippen LogP contribution >= 0.6 is 0 Å². The summed E-state index contributed by atoms with van der Waals surface area (Å²) >= 11 is 0. The summed E-state index contributed by atoms with van der Waals surface area (Å²) in [6, 6.07) is 0.0394. The first kappa shape index (κ1) is 6.00. The summed E-state index contributed by atoms with van der Waals surface area (Å²) in [4.78, 5) is 13.1. The molecule has 2 N–H and O–H groups in total. The zero-order valence-electron chi connectivity index (χ0n) is 6.63. The first-order chi connectivity index (χ1) is 5.11. The van der Waals surface area contributed by atoms with E-state index in [9.17, 15) is 4.79 Å². The second-order valence-corrected chi connectivity index (χ2v) is 4.40. The molecular formula is C8H12N2O. The first-order valence-corrected chi connectivity index (χ1v) is 4.14. The van der Waals surface area contributed by atoms with Crippen LogP contribution in [-0.2, 0) is 4.79 Å². The number of rotatable bonds is 1. The van der Waals surface area contributed by atoms with Crippen LogP contribution < -0.4 is 5.73 Å². The van der Waals surface area contributed by atoms with Crippen molar-refractivity contribution in [3.63, 3.8) is 0 Å². The Morgan fingerprint density at radius 1 is 1.64 bits per heavy atom. The molecule has 0 bridgehead atoms. The van der Waals surface area contributed by atoms with Gasteiger partial charge in [-0.3, -0.25) is 9.69 Å². The monoisotopic (exact) mass is 152 g/mol. The molecule has 0 spiro atoms. The number of nitrogens with two attached hydrogens (primary N) is 1. The summed E-state index contributed by atoms with van der Waals surface area (Å²) in [5, 5.41) is 0. The van der Waals surface area contributed by atoms with E-state index in [0.29, 0.717) is 11.0 Å². The molecule has 3 heteroatoms. The molecule has 0 aromatic heterocycles. The van der Waals surface area contributed by atoms with E-state index in [2.05, 4.69) is 4.90 Å². The smallest absolute Gasteiger partial charge is 0.234 e. The van der Waals surface area contributed by atoms with E-state index < -0.39 is 0 Å². The van der Waals surface area contributed by atoms with Gasteiger partial charge in [-0.1, -0.05) is 0 Å². The Kier molecular flexibility index (Phi) is 0.666. The van der Waals surface area contributed by atoms with Crippen molar-refractivity contribution in [3.05, 3.63) is 0 Å². The third-order valence-corrected chi connectivity index (χ3v) is 4.05. The van der Waals surface area contributed by atoms with Crippen LogP contribution in [0.2, 0.25) is 0 Å². The summed E-state index contributed by atoms with van der Waals surface area (Å²) in [5.41, 5.74) is 6.27. The van der Waals surface area contributed by atoms with Gasteiger partial charge < -0.3 is 5.73 Å². The zero-order chi connectivity index (χ0) is 7.85. The van der Waals surface area contributed by atoms with Crippen LogP contribution in [0.5, 0.6) is 0 Å². The fourth-order valence-corrected chi connectivity index (χ4v) is 3.03. The Balaban J connectivity index is 1.90. The fourth-order valence-electron chi connectivity index (χ4n) is 3.03. The molecule has 0 radical (unpaired) electrons. The van der Waals surface area contributed by atoms with Crippen molar-refractivity contribution in [2.45, 2.75) is 30.8 Å². The average Bonchev–Trinajstić information content (AvgIpc) is 2.62. The molecule has 3 nitrogen and oxygen atoms in total. The molecule has 11 heavy (non-hydrogen) atoms. The van der Waals surface area contributed by atoms with Crippen molar-refractivity contribution in [1.82, 2.24) is 4.90 Å². The van der Waals surface area contributed by atoms with Crippen LogP contribution in [0.25, 0.3) is 0 Å². The molecule has 0 unspecified atom stereocenters. The predicted molar refractivity (Wildman–Crippen MR) is 39.8 cm³/mol. The van der Waals surface area contributed by atoms with Gasteiger partial charge in [0.1, 0.15) is 0 Å². The van der Waals surface area contributed by atoms with E-state index in [1.807, 2.05) is 7.05 Å². The largest absolute Gasteiger partial charge is 0.368 e. The van der Waals surface area contributed by atoms with Crippen LogP contribution in [-0.4, -0.2) is 29.4 Å². The van der Waals surface area contributed by atoms with E-state index in [0.717, 1.165) is 6.42 Å². The van der Waals surface area contributed by atoms with Gasteiger partial charge in [0.05, 0.1) is 6.04 Å². The Bertz CT molecular complexity index is 255. The van der Waals surface area contributed by atoms with Gasteiger partial charge in [0.15, 0.2) is 0 Å². The summed E-state index contributed by atoms with van der Waals surface area (Å²) in [5.74, 6) is -0.141. The van der Waals surface area contributed by atoms with Gasteiger partial charge >= 0.3 is 0 Å². The summed E-state index contributed by atoms with van der Waals surface area (Å²) in [6.45, 7) is 0. The maximum atomic E-state index is 10.9. The second kappa shape index (κ2) is 1.22. The maximum absolute atomic E-state index is 10.9. The lowest BCUT2D eigenvalue weighted by Gasteiger charge is -2.27. The number of carbonyl (C=O) groups excluding carboxylic acids is 1. The number of hydrogen-bond donors (Lipinski definition) is 1. The minimum absolute atomic E-state index is 0.0394. The van der Waals surface area contributed by atoms with Gasteiger partial charge in [0, 0.05) is 5.54 Å². The molecule has 1 saturated heterocycles. The van der Waals surface area contributed by atoms with Crippen molar-refractivity contribution in [1.29, 1.82) is 0 Å². The van der Waals surface area contributed by atoms with Crippen molar-refractivity contribution in [2.24, 2.45) is 11.1 Å². The highest BCUT2D eigenvalue weighted by Crippen LogP contribution is 2.87. The number of likely N-dealkylation sites (tertiary alicyclic amines) is 1. The summed E-state index contributed by atoms with van der Waals surface area (Å²) in [7, 11) is 2.04. The molecule has 1 atom stereocenters. The van der Waals surface area contributed by atoms with Gasteiger partial charge in [0.2, 0.25) is 5.91 Å². The van der Waals surface area contributed by atoms with E-state index >= 15 is 0 Å². The molecule has 1 heterocycles. The average molecular weight is 152 g/mol. The molecule has 1 aliphatic heterocycles.